The number of aromatic nitrogens is 1. The van der Waals surface area contributed by atoms with E-state index in [2.05, 4.69) is 4.98 Å². The monoisotopic (exact) mass is 266 g/mol. The number of halogens is 2. The molecule has 1 atom stereocenters. The van der Waals surface area contributed by atoms with E-state index in [1.165, 1.54) is 12.1 Å². The first-order valence-electron chi connectivity index (χ1n) is 5.40. The minimum atomic E-state index is -0.527. The van der Waals surface area contributed by atoms with E-state index in [4.69, 9.17) is 22.1 Å². The molecule has 1 heterocycles. The first-order valence-corrected chi connectivity index (χ1v) is 5.78. The van der Waals surface area contributed by atoms with Crippen LogP contribution in [0, 0.1) is 5.82 Å². The Balaban J connectivity index is 2.15. The molecule has 0 amide bonds. The summed E-state index contributed by atoms with van der Waals surface area (Å²) in [5.41, 5.74) is 6.61. The maximum absolute atomic E-state index is 13.2. The molecule has 0 bridgehead atoms. The van der Waals surface area contributed by atoms with Crippen LogP contribution in [-0.2, 0) is 0 Å². The Bertz CT molecular complexity index is 543. The SMILES string of the molecule is CC(N)c1ccc(Oc2ccc(Cl)c(F)c2)nc1. The third kappa shape index (κ3) is 2.97. The van der Waals surface area contributed by atoms with Crippen molar-refractivity contribution in [2.45, 2.75) is 13.0 Å². The largest absolute Gasteiger partial charge is 0.439 e. The molecule has 1 aromatic carbocycles. The molecule has 1 unspecified atom stereocenters. The second-order valence-corrected chi connectivity index (χ2v) is 4.30. The lowest BCUT2D eigenvalue weighted by atomic mass is 10.2. The first kappa shape index (κ1) is 12.8. The van der Waals surface area contributed by atoms with Gasteiger partial charge < -0.3 is 10.5 Å². The molecule has 2 rings (SSSR count). The molecule has 2 N–H and O–H groups in total. The third-order valence-corrected chi connectivity index (χ3v) is 2.71. The molecule has 0 aliphatic rings. The molecule has 0 aliphatic carbocycles. The Labute approximate surface area is 109 Å². The Morgan fingerprint density at radius 3 is 2.67 bits per heavy atom. The lowest BCUT2D eigenvalue weighted by Gasteiger charge is -2.07. The Hall–Kier alpha value is -1.65. The highest BCUT2D eigenvalue weighted by atomic mass is 35.5. The average Bonchev–Trinajstić information content (AvgIpc) is 2.34. The summed E-state index contributed by atoms with van der Waals surface area (Å²) >= 11 is 5.58. The van der Waals surface area contributed by atoms with Gasteiger partial charge in [0.1, 0.15) is 11.6 Å². The number of benzene rings is 1. The van der Waals surface area contributed by atoms with Gasteiger partial charge >= 0.3 is 0 Å². The predicted molar refractivity (Wildman–Crippen MR) is 68.3 cm³/mol. The van der Waals surface area contributed by atoms with Gasteiger partial charge in [0.05, 0.1) is 5.02 Å². The number of ether oxygens (including phenoxy) is 1. The summed E-state index contributed by atoms with van der Waals surface area (Å²) in [6.45, 7) is 1.87. The van der Waals surface area contributed by atoms with E-state index >= 15 is 0 Å². The molecule has 0 aliphatic heterocycles. The van der Waals surface area contributed by atoms with Gasteiger partial charge in [-0.05, 0) is 24.6 Å². The fraction of sp³-hybridized carbons (Fsp3) is 0.154. The summed E-state index contributed by atoms with van der Waals surface area (Å²) in [6, 6.07) is 7.64. The van der Waals surface area contributed by atoms with Crippen molar-refractivity contribution in [2.24, 2.45) is 5.73 Å². The summed E-state index contributed by atoms with van der Waals surface area (Å²) in [4.78, 5) is 4.09. The lowest BCUT2D eigenvalue weighted by molar-refractivity contribution is 0.457. The number of hydrogen-bond acceptors (Lipinski definition) is 3. The van der Waals surface area contributed by atoms with Crippen molar-refractivity contribution < 1.29 is 9.13 Å². The zero-order valence-electron chi connectivity index (χ0n) is 9.73. The fourth-order valence-electron chi connectivity index (χ4n) is 1.38. The molecule has 1 aromatic heterocycles. The van der Waals surface area contributed by atoms with Crippen LogP contribution in [0.2, 0.25) is 5.02 Å². The molecule has 0 radical (unpaired) electrons. The molecular weight excluding hydrogens is 255 g/mol. The van der Waals surface area contributed by atoms with Crippen LogP contribution in [0.15, 0.2) is 36.5 Å². The molecule has 5 heteroatoms. The number of hydrogen-bond donors (Lipinski definition) is 1. The van der Waals surface area contributed by atoms with E-state index in [1.807, 2.05) is 13.0 Å². The number of nitrogens with two attached hydrogens (primary N) is 1. The Morgan fingerprint density at radius 1 is 1.33 bits per heavy atom. The van der Waals surface area contributed by atoms with Gasteiger partial charge in [-0.3, -0.25) is 0 Å². The molecule has 0 saturated heterocycles. The number of pyridine rings is 1. The molecular formula is C13H12ClFN2O. The highest BCUT2D eigenvalue weighted by Crippen LogP contribution is 2.24. The second kappa shape index (κ2) is 5.33. The van der Waals surface area contributed by atoms with E-state index in [9.17, 15) is 4.39 Å². The van der Waals surface area contributed by atoms with E-state index in [0.717, 1.165) is 5.56 Å². The molecule has 2 aromatic rings. The van der Waals surface area contributed by atoms with Crippen LogP contribution in [0.3, 0.4) is 0 Å². The second-order valence-electron chi connectivity index (χ2n) is 3.90. The Kier molecular flexibility index (Phi) is 3.79. The standard InChI is InChI=1S/C13H12ClFN2O/c1-8(16)9-2-5-13(17-7-9)18-10-3-4-11(14)12(15)6-10/h2-8H,16H2,1H3. The van der Waals surface area contributed by atoms with Crippen molar-refractivity contribution in [1.29, 1.82) is 0 Å². The lowest BCUT2D eigenvalue weighted by Crippen LogP contribution is -2.05. The molecule has 18 heavy (non-hydrogen) atoms. The van der Waals surface area contributed by atoms with Gasteiger partial charge in [-0.2, -0.15) is 0 Å². The van der Waals surface area contributed by atoms with Crippen LogP contribution >= 0.6 is 11.6 Å². The van der Waals surface area contributed by atoms with Crippen molar-refractivity contribution in [1.82, 2.24) is 4.98 Å². The summed E-state index contributed by atoms with van der Waals surface area (Å²) in [5, 5.41) is 0.0580. The summed E-state index contributed by atoms with van der Waals surface area (Å²) < 4.78 is 18.6. The van der Waals surface area contributed by atoms with Crippen LogP contribution in [0.5, 0.6) is 11.6 Å². The van der Waals surface area contributed by atoms with Gasteiger partial charge in [-0.25, -0.2) is 9.37 Å². The van der Waals surface area contributed by atoms with Gasteiger partial charge in [0.2, 0.25) is 5.88 Å². The van der Waals surface area contributed by atoms with E-state index in [1.54, 1.807) is 18.3 Å². The van der Waals surface area contributed by atoms with E-state index in [0.29, 0.717) is 11.6 Å². The highest BCUT2D eigenvalue weighted by Gasteiger charge is 2.05. The zero-order valence-corrected chi connectivity index (χ0v) is 10.5. The third-order valence-electron chi connectivity index (χ3n) is 2.40. The van der Waals surface area contributed by atoms with E-state index in [-0.39, 0.29) is 11.1 Å². The normalized spacial score (nSPS) is 12.2. The van der Waals surface area contributed by atoms with Gasteiger partial charge in [-0.1, -0.05) is 17.7 Å². The van der Waals surface area contributed by atoms with Crippen LogP contribution in [0.1, 0.15) is 18.5 Å². The molecule has 0 fully saturated rings. The predicted octanol–water partition coefficient (Wildman–Crippen LogP) is 3.69. The summed E-state index contributed by atoms with van der Waals surface area (Å²) in [5.74, 6) is 0.195. The van der Waals surface area contributed by atoms with Crippen molar-refractivity contribution in [2.75, 3.05) is 0 Å². The number of rotatable bonds is 3. The van der Waals surface area contributed by atoms with Gasteiger partial charge in [0.25, 0.3) is 0 Å². The van der Waals surface area contributed by atoms with Crippen molar-refractivity contribution in [3.8, 4) is 11.6 Å². The van der Waals surface area contributed by atoms with Crippen LogP contribution in [-0.4, -0.2) is 4.98 Å². The van der Waals surface area contributed by atoms with Gasteiger partial charge in [0, 0.05) is 24.4 Å². The Morgan fingerprint density at radius 2 is 2.11 bits per heavy atom. The van der Waals surface area contributed by atoms with Crippen molar-refractivity contribution >= 4 is 11.6 Å². The van der Waals surface area contributed by atoms with E-state index < -0.39 is 5.82 Å². The minimum absolute atomic E-state index is 0.0580. The molecule has 0 saturated carbocycles. The van der Waals surface area contributed by atoms with Crippen LogP contribution in [0.25, 0.3) is 0 Å². The van der Waals surface area contributed by atoms with Crippen molar-refractivity contribution in [3.63, 3.8) is 0 Å². The van der Waals surface area contributed by atoms with Crippen LogP contribution in [0.4, 0.5) is 4.39 Å². The highest BCUT2D eigenvalue weighted by molar-refractivity contribution is 6.30. The molecule has 3 nitrogen and oxygen atoms in total. The van der Waals surface area contributed by atoms with Gasteiger partial charge in [0.15, 0.2) is 0 Å². The molecule has 0 spiro atoms. The summed E-state index contributed by atoms with van der Waals surface area (Å²) in [7, 11) is 0. The molecule has 94 valence electrons. The smallest absolute Gasteiger partial charge is 0.219 e. The van der Waals surface area contributed by atoms with Crippen molar-refractivity contribution in [3.05, 3.63) is 52.9 Å². The van der Waals surface area contributed by atoms with Gasteiger partial charge in [-0.15, -0.1) is 0 Å². The topological polar surface area (TPSA) is 48.1 Å². The maximum atomic E-state index is 13.2. The zero-order chi connectivity index (χ0) is 13.1. The first-order chi connectivity index (χ1) is 8.56. The maximum Gasteiger partial charge on any atom is 0.219 e. The average molecular weight is 267 g/mol. The summed E-state index contributed by atoms with van der Waals surface area (Å²) in [6.07, 6.45) is 1.63. The fourth-order valence-corrected chi connectivity index (χ4v) is 1.50. The number of nitrogens with zero attached hydrogens (tertiary/aromatic N) is 1. The quantitative estimate of drug-likeness (QED) is 0.922. The van der Waals surface area contributed by atoms with Crippen LogP contribution < -0.4 is 10.5 Å². The minimum Gasteiger partial charge on any atom is -0.439 e.